The molecule has 0 unspecified atom stereocenters. The first kappa shape index (κ1) is 23.7. The molecular formula is C26H21F3N4O2. The van der Waals surface area contributed by atoms with Gasteiger partial charge >= 0.3 is 6.18 Å². The summed E-state index contributed by atoms with van der Waals surface area (Å²) in [6.07, 6.45) is -2.65. The SMILES string of the molecule is C=CC(=O)Nc1cccc(-n2c(NC(=O)c3cccc(C(F)(F)F)c3)nc3cc(CC)ccc32)c1. The quantitative estimate of drug-likeness (QED) is 0.335. The summed E-state index contributed by atoms with van der Waals surface area (Å²) in [4.78, 5) is 29.2. The number of benzene rings is 3. The predicted octanol–water partition coefficient (Wildman–Crippen LogP) is 5.98. The molecule has 4 rings (SSSR count). The molecule has 0 aliphatic rings. The number of aryl methyl sites for hydroxylation is 1. The minimum atomic E-state index is -4.57. The number of nitrogens with zero attached hydrogens (tertiary/aromatic N) is 2. The van der Waals surface area contributed by atoms with Gasteiger partial charge in [-0.25, -0.2) is 4.98 Å². The van der Waals surface area contributed by atoms with E-state index >= 15 is 0 Å². The zero-order valence-electron chi connectivity index (χ0n) is 18.7. The van der Waals surface area contributed by atoms with Crippen molar-refractivity contribution in [3.63, 3.8) is 0 Å². The molecule has 0 spiro atoms. The van der Waals surface area contributed by atoms with Crippen molar-refractivity contribution in [2.45, 2.75) is 19.5 Å². The topological polar surface area (TPSA) is 76.0 Å². The van der Waals surface area contributed by atoms with Crippen molar-refractivity contribution in [2.24, 2.45) is 0 Å². The Morgan fingerprint density at radius 2 is 1.80 bits per heavy atom. The fourth-order valence-corrected chi connectivity index (χ4v) is 3.62. The van der Waals surface area contributed by atoms with Crippen molar-refractivity contribution in [1.82, 2.24) is 9.55 Å². The number of imidazole rings is 1. The molecule has 35 heavy (non-hydrogen) atoms. The highest BCUT2D eigenvalue weighted by molar-refractivity contribution is 6.04. The van der Waals surface area contributed by atoms with Gasteiger partial charge in [-0.05, 0) is 66.6 Å². The van der Waals surface area contributed by atoms with Crippen LogP contribution in [-0.2, 0) is 17.4 Å². The van der Waals surface area contributed by atoms with Crippen molar-refractivity contribution in [1.29, 1.82) is 0 Å². The zero-order chi connectivity index (χ0) is 25.2. The summed E-state index contributed by atoms with van der Waals surface area (Å²) in [5.41, 5.74) is 2.31. The Kier molecular flexibility index (Phi) is 6.42. The maximum atomic E-state index is 13.1. The molecule has 0 aliphatic heterocycles. The van der Waals surface area contributed by atoms with E-state index in [-0.39, 0.29) is 17.4 Å². The highest BCUT2D eigenvalue weighted by Gasteiger charge is 2.31. The molecule has 0 atom stereocenters. The van der Waals surface area contributed by atoms with Gasteiger partial charge in [-0.2, -0.15) is 13.2 Å². The third-order valence-electron chi connectivity index (χ3n) is 5.36. The normalized spacial score (nSPS) is 11.3. The van der Waals surface area contributed by atoms with E-state index in [0.29, 0.717) is 22.4 Å². The monoisotopic (exact) mass is 478 g/mol. The number of amides is 2. The summed E-state index contributed by atoms with van der Waals surface area (Å²) in [6.45, 7) is 5.44. The first-order valence-electron chi connectivity index (χ1n) is 10.7. The van der Waals surface area contributed by atoms with Gasteiger partial charge in [0.2, 0.25) is 11.9 Å². The van der Waals surface area contributed by atoms with Crippen molar-refractivity contribution in [3.8, 4) is 5.69 Å². The van der Waals surface area contributed by atoms with Crippen LogP contribution in [0.5, 0.6) is 0 Å². The molecule has 4 aromatic rings. The molecule has 0 bridgehead atoms. The van der Waals surface area contributed by atoms with Crippen LogP contribution in [0, 0.1) is 0 Å². The fraction of sp³-hybridized carbons (Fsp3) is 0.115. The molecule has 0 saturated heterocycles. The molecule has 0 fully saturated rings. The molecule has 1 aromatic heterocycles. The maximum absolute atomic E-state index is 13.1. The Morgan fingerprint density at radius 1 is 1.03 bits per heavy atom. The van der Waals surface area contributed by atoms with Crippen molar-refractivity contribution >= 4 is 34.5 Å². The summed E-state index contributed by atoms with van der Waals surface area (Å²) in [5, 5.41) is 5.33. The molecule has 2 amide bonds. The highest BCUT2D eigenvalue weighted by atomic mass is 19.4. The minimum Gasteiger partial charge on any atom is -0.322 e. The van der Waals surface area contributed by atoms with E-state index in [2.05, 4.69) is 22.2 Å². The number of fused-ring (bicyclic) bond motifs is 1. The number of carbonyl (C=O) groups is 2. The fourth-order valence-electron chi connectivity index (χ4n) is 3.62. The van der Waals surface area contributed by atoms with Crippen LogP contribution in [0.25, 0.3) is 16.7 Å². The highest BCUT2D eigenvalue weighted by Crippen LogP contribution is 2.31. The van der Waals surface area contributed by atoms with E-state index < -0.39 is 17.6 Å². The summed E-state index contributed by atoms with van der Waals surface area (Å²) < 4.78 is 41.0. The summed E-state index contributed by atoms with van der Waals surface area (Å²) in [5.74, 6) is -0.995. The van der Waals surface area contributed by atoms with Crippen LogP contribution >= 0.6 is 0 Å². The second-order valence-corrected chi connectivity index (χ2v) is 7.72. The molecule has 1 heterocycles. The molecule has 178 valence electrons. The van der Waals surface area contributed by atoms with Gasteiger partial charge in [0.25, 0.3) is 5.91 Å². The lowest BCUT2D eigenvalue weighted by atomic mass is 10.1. The van der Waals surface area contributed by atoms with Crippen LogP contribution in [0.3, 0.4) is 0 Å². The van der Waals surface area contributed by atoms with Gasteiger partial charge in [-0.1, -0.05) is 31.7 Å². The lowest BCUT2D eigenvalue weighted by Gasteiger charge is -2.13. The number of aromatic nitrogens is 2. The second kappa shape index (κ2) is 9.46. The third-order valence-corrected chi connectivity index (χ3v) is 5.36. The number of carbonyl (C=O) groups excluding carboxylic acids is 2. The Hall–Kier alpha value is -4.40. The predicted molar refractivity (Wildman–Crippen MR) is 129 cm³/mol. The lowest BCUT2D eigenvalue weighted by Crippen LogP contribution is -2.17. The van der Waals surface area contributed by atoms with E-state index in [4.69, 9.17) is 0 Å². The Morgan fingerprint density at radius 3 is 2.51 bits per heavy atom. The van der Waals surface area contributed by atoms with Gasteiger partial charge in [0.1, 0.15) is 0 Å². The van der Waals surface area contributed by atoms with E-state index in [1.54, 1.807) is 28.8 Å². The molecular weight excluding hydrogens is 457 g/mol. The van der Waals surface area contributed by atoms with E-state index in [1.807, 2.05) is 25.1 Å². The number of rotatable bonds is 6. The van der Waals surface area contributed by atoms with Gasteiger partial charge < -0.3 is 5.32 Å². The van der Waals surface area contributed by atoms with Crippen LogP contribution in [0.2, 0.25) is 0 Å². The zero-order valence-corrected chi connectivity index (χ0v) is 18.7. The summed E-state index contributed by atoms with van der Waals surface area (Å²) >= 11 is 0. The molecule has 2 N–H and O–H groups in total. The number of anilines is 2. The van der Waals surface area contributed by atoms with Gasteiger partial charge in [0.05, 0.1) is 22.3 Å². The minimum absolute atomic E-state index is 0.128. The molecule has 9 heteroatoms. The number of alkyl halides is 3. The number of hydrogen-bond donors (Lipinski definition) is 2. The van der Waals surface area contributed by atoms with Crippen LogP contribution < -0.4 is 10.6 Å². The van der Waals surface area contributed by atoms with Gasteiger partial charge in [0.15, 0.2) is 0 Å². The largest absolute Gasteiger partial charge is 0.416 e. The summed E-state index contributed by atoms with van der Waals surface area (Å²) in [6, 6.07) is 16.7. The lowest BCUT2D eigenvalue weighted by molar-refractivity contribution is -0.137. The van der Waals surface area contributed by atoms with E-state index in [0.717, 1.165) is 30.2 Å². The molecule has 0 saturated carbocycles. The van der Waals surface area contributed by atoms with Gasteiger partial charge in [-0.3, -0.25) is 19.5 Å². The first-order chi connectivity index (χ1) is 16.7. The average Bonchev–Trinajstić information content (AvgIpc) is 3.20. The Balaban J connectivity index is 1.79. The molecule has 0 radical (unpaired) electrons. The maximum Gasteiger partial charge on any atom is 0.416 e. The van der Waals surface area contributed by atoms with Gasteiger partial charge in [-0.15, -0.1) is 0 Å². The Labute approximate surface area is 199 Å². The smallest absolute Gasteiger partial charge is 0.322 e. The average molecular weight is 478 g/mol. The van der Waals surface area contributed by atoms with Crippen molar-refractivity contribution < 1.29 is 22.8 Å². The van der Waals surface area contributed by atoms with Crippen LogP contribution in [0.1, 0.15) is 28.4 Å². The number of halogens is 3. The second-order valence-electron chi connectivity index (χ2n) is 7.72. The first-order valence-corrected chi connectivity index (χ1v) is 10.7. The van der Waals surface area contributed by atoms with Crippen LogP contribution in [0.15, 0.2) is 79.4 Å². The van der Waals surface area contributed by atoms with Crippen LogP contribution in [-0.4, -0.2) is 21.4 Å². The number of hydrogen-bond acceptors (Lipinski definition) is 3. The molecule has 6 nitrogen and oxygen atoms in total. The molecule has 0 aliphatic carbocycles. The third kappa shape index (κ3) is 5.08. The van der Waals surface area contributed by atoms with Gasteiger partial charge in [0, 0.05) is 11.3 Å². The Bertz CT molecular complexity index is 1440. The standard InChI is InChI=1S/C26H21F3N4O2/c1-3-16-11-12-22-21(13-16)31-25(32-24(35)17-7-5-8-18(14-17)26(27,28)29)33(22)20-10-6-9-19(15-20)30-23(34)4-2/h4-15H,2-3H2,1H3,(H,30,34)(H,31,32,35). The number of nitrogens with one attached hydrogen (secondary N) is 2. The van der Waals surface area contributed by atoms with Crippen LogP contribution in [0.4, 0.5) is 24.8 Å². The van der Waals surface area contributed by atoms with Crippen molar-refractivity contribution in [2.75, 3.05) is 10.6 Å². The molecule has 3 aromatic carbocycles. The summed E-state index contributed by atoms with van der Waals surface area (Å²) in [7, 11) is 0. The van der Waals surface area contributed by atoms with Crippen molar-refractivity contribution in [3.05, 3.63) is 96.1 Å². The van der Waals surface area contributed by atoms with E-state index in [1.165, 1.54) is 12.1 Å². The van der Waals surface area contributed by atoms with E-state index in [9.17, 15) is 22.8 Å².